The first-order valence-corrected chi connectivity index (χ1v) is 10.2. The van der Waals surface area contributed by atoms with E-state index in [1.54, 1.807) is 7.11 Å². The molecule has 4 rings (SSSR count). The summed E-state index contributed by atoms with van der Waals surface area (Å²) in [6, 6.07) is 23.0. The molecule has 6 heteroatoms. The smallest absolute Gasteiger partial charge is 0.257 e. The lowest BCUT2D eigenvalue weighted by atomic mass is 10.0. The van der Waals surface area contributed by atoms with Gasteiger partial charge >= 0.3 is 0 Å². The summed E-state index contributed by atoms with van der Waals surface area (Å²) in [5.74, 6) is 0.693. The zero-order chi connectivity index (χ0) is 21.8. The van der Waals surface area contributed by atoms with Crippen molar-refractivity contribution in [2.75, 3.05) is 24.3 Å². The Kier molecular flexibility index (Phi) is 5.89. The average Bonchev–Trinajstić information content (AvgIpc) is 2.79. The minimum atomic E-state index is -0.299. The normalized spacial score (nSPS) is 15.1. The number of anilines is 2. The summed E-state index contributed by atoms with van der Waals surface area (Å²) in [6.07, 6.45) is 0.423. The van der Waals surface area contributed by atoms with Gasteiger partial charge in [-0.1, -0.05) is 36.4 Å². The van der Waals surface area contributed by atoms with Gasteiger partial charge in [0, 0.05) is 24.8 Å². The van der Waals surface area contributed by atoms with Crippen LogP contribution in [0.3, 0.4) is 0 Å². The Morgan fingerprint density at radius 1 is 1.03 bits per heavy atom. The highest BCUT2D eigenvalue weighted by molar-refractivity contribution is 6.01. The number of nitrogens with zero attached hydrogens (tertiary/aromatic N) is 1. The minimum Gasteiger partial charge on any atom is -0.497 e. The molecule has 0 bridgehead atoms. The number of amides is 2. The number of para-hydroxylation sites is 1. The lowest BCUT2D eigenvalue weighted by Crippen LogP contribution is -2.44. The molecule has 0 aliphatic carbocycles. The second-order valence-corrected chi connectivity index (χ2v) is 7.49. The Bertz CT molecular complexity index is 1080. The van der Waals surface area contributed by atoms with Gasteiger partial charge in [0.15, 0.2) is 0 Å². The molecule has 31 heavy (non-hydrogen) atoms. The number of carbonyl (C=O) groups is 2. The van der Waals surface area contributed by atoms with Crippen LogP contribution in [0.1, 0.15) is 34.6 Å². The molecular formula is C25H25N3O3. The van der Waals surface area contributed by atoms with E-state index in [4.69, 9.17) is 4.74 Å². The van der Waals surface area contributed by atoms with E-state index >= 15 is 0 Å². The van der Waals surface area contributed by atoms with E-state index in [1.807, 2.05) is 77.7 Å². The number of nitrogens with one attached hydrogen (secondary N) is 2. The molecule has 0 spiro atoms. The third-order valence-corrected chi connectivity index (χ3v) is 5.37. The third kappa shape index (κ3) is 4.53. The van der Waals surface area contributed by atoms with Crippen molar-refractivity contribution in [3.63, 3.8) is 0 Å². The van der Waals surface area contributed by atoms with Gasteiger partial charge in [-0.15, -0.1) is 0 Å². The monoisotopic (exact) mass is 415 g/mol. The Hall–Kier alpha value is -3.80. The van der Waals surface area contributed by atoms with Crippen molar-refractivity contribution in [2.45, 2.75) is 19.5 Å². The molecular weight excluding hydrogens is 390 g/mol. The van der Waals surface area contributed by atoms with Crippen LogP contribution in [0.2, 0.25) is 0 Å². The van der Waals surface area contributed by atoms with Gasteiger partial charge in [-0.3, -0.25) is 9.59 Å². The van der Waals surface area contributed by atoms with Crippen molar-refractivity contribution in [3.8, 4) is 5.75 Å². The van der Waals surface area contributed by atoms with Gasteiger partial charge in [-0.05, 0) is 53.9 Å². The first-order valence-electron chi connectivity index (χ1n) is 10.2. The second-order valence-electron chi connectivity index (χ2n) is 7.49. The Morgan fingerprint density at radius 3 is 2.42 bits per heavy atom. The van der Waals surface area contributed by atoms with Gasteiger partial charge in [0.25, 0.3) is 5.91 Å². The molecule has 158 valence electrons. The molecule has 0 aromatic heterocycles. The largest absolute Gasteiger partial charge is 0.497 e. The van der Waals surface area contributed by atoms with E-state index in [1.165, 1.54) is 6.92 Å². The molecule has 1 aliphatic rings. The standard InChI is InChI=1S/C25H25N3O3/c1-17(29)26-20-11-9-19(10-12-20)24-27-23-6-4-3-5-22(23)25(30)28(24)16-15-18-7-13-21(31-2)14-8-18/h3-14,24,27H,15-16H2,1-2H3,(H,26,29)/t24-/m0/s1. The molecule has 0 saturated heterocycles. The Balaban J connectivity index is 1.60. The van der Waals surface area contributed by atoms with Crippen molar-refractivity contribution in [1.29, 1.82) is 0 Å². The van der Waals surface area contributed by atoms with Gasteiger partial charge in [0.05, 0.1) is 12.7 Å². The fraction of sp³-hybridized carbons (Fsp3) is 0.200. The summed E-state index contributed by atoms with van der Waals surface area (Å²) in [5.41, 5.74) is 4.30. The second kappa shape index (κ2) is 8.92. The fourth-order valence-electron chi connectivity index (χ4n) is 3.78. The number of methoxy groups -OCH3 is 1. The Morgan fingerprint density at radius 2 is 1.74 bits per heavy atom. The van der Waals surface area contributed by atoms with E-state index in [0.717, 1.165) is 34.7 Å². The van der Waals surface area contributed by atoms with Crippen LogP contribution in [-0.4, -0.2) is 30.4 Å². The number of hydrogen-bond acceptors (Lipinski definition) is 4. The topological polar surface area (TPSA) is 70.7 Å². The molecule has 0 unspecified atom stereocenters. The molecule has 1 aliphatic heterocycles. The summed E-state index contributed by atoms with van der Waals surface area (Å²) in [7, 11) is 1.65. The minimum absolute atomic E-state index is 0.00111. The number of fused-ring (bicyclic) bond motifs is 1. The van der Waals surface area contributed by atoms with E-state index in [2.05, 4.69) is 10.6 Å². The number of rotatable bonds is 6. The number of carbonyl (C=O) groups excluding carboxylic acids is 2. The van der Waals surface area contributed by atoms with Gasteiger partial charge in [-0.2, -0.15) is 0 Å². The highest BCUT2D eigenvalue weighted by Gasteiger charge is 2.32. The molecule has 6 nitrogen and oxygen atoms in total. The lowest BCUT2D eigenvalue weighted by Gasteiger charge is -2.38. The van der Waals surface area contributed by atoms with Crippen LogP contribution in [0.25, 0.3) is 0 Å². The summed E-state index contributed by atoms with van der Waals surface area (Å²) < 4.78 is 5.23. The SMILES string of the molecule is COc1ccc(CCN2C(=O)c3ccccc3N[C@@H]2c2ccc(NC(C)=O)cc2)cc1. The highest BCUT2D eigenvalue weighted by atomic mass is 16.5. The van der Waals surface area contributed by atoms with Gasteiger partial charge in [0.2, 0.25) is 5.91 Å². The molecule has 1 heterocycles. The van der Waals surface area contributed by atoms with E-state index in [-0.39, 0.29) is 18.0 Å². The zero-order valence-corrected chi connectivity index (χ0v) is 17.6. The van der Waals surface area contributed by atoms with Crippen LogP contribution in [0.4, 0.5) is 11.4 Å². The van der Waals surface area contributed by atoms with Gasteiger partial charge in [0.1, 0.15) is 11.9 Å². The summed E-state index contributed by atoms with van der Waals surface area (Å²) in [6.45, 7) is 2.04. The molecule has 0 saturated carbocycles. The van der Waals surface area contributed by atoms with Gasteiger partial charge < -0.3 is 20.3 Å². The third-order valence-electron chi connectivity index (χ3n) is 5.37. The predicted octanol–water partition coefficient (Wildman–Crippen LogP) is 4.46. The van der Waals surface area contributed by atoms with Crippen molar-refractivity contribution in [2.24, 2.45) is 0 Å². The number of ether oxygens (including phenoxy) is 1. The maximum atomic E-state index is 13.3. The van der Waals surface area contributed by atoms with Crippen LogP contribution in [0.5, 0.6) is 5.75 Å². The van der Waals surface area contributed by atoms with Crippen molar-refractivity contribution in [1.82, 2.24) is 4.90 Å². The molecule has 1 atom stereocenters. The molecule has 2 amide bonds. The van der Waals surface area contributed by atoms with Crippen LogP contribution >= 0.6 is 0 Å². The van der Waals surface area contributed by atoms with Crippen molar-refractivity contribution in [3.05, 3.63) is 89.5 Å². The van der Waals surface area contributed by atoms with E-state index in [9.17, 15) is 9.59 Å². The van der Waals surface area contributed by atoms with E-state index in [0.29, 0.717) is 12.1 Å². The molecule has 3 aromatic carbocycles. The molecule has 0 radical (unpaired) electrons. The predicted molar refractivity (Wildman–Crippen MR) is 121 cm³/mol. The van der Waals surface area contributed by atoms with Crippen molar-refractivity contribution < 1.29 is 14.3 Å². The lowest BCUT2D eigenvalue weighted by molar-refractivity contribution is -0.114. The summed E-state index contributed by atoms with van der Waals surface area (Å²) >= 11 is 0. The first-order chi connectivity index (χ1) is 15.0. The van der Waals surface area contributed by atoms with Crippen LogP contribution in [-0.2, 0) is 11.2 Å². The zero-order valence-electron chi connectivity index (χ0n) is 17.6. The van der Waals surface area contributed by atoms with Crippen LogP contribution in [0, 0.1) is 0 Å². The van der Waals surface area contributed by atoms with Crippen LogP contribution < -0.4 is 15.4 Å². The summed E-state index contributed by atoms with van der Waals surface area (Å²) in [4.78, 5) is 26.5. The van der Waals surface area contributed by atoms with Crippen molar-refractivity contribution >= 4 is 23.2 Å². The van der Waals surface area contributed by atoms with E-state index < -0.39 is 0 Å². The quantitative estimate of drug-likeness (QED) is 0.624. The Labute approximate surface area is 181 Å². The van der Waals surface area contributed by atoms with Gasteiger partial charge in [-0.25, -0.2) is 0 Å². The first kappa shape index (κ1) is 20.5. The number of hydrogen-bond donors (Lipinski definition) is 2. The maximum Gasteiger partial charge on any atom is 0.257 e. The number of benzene rings is 3. The molecule has 2 N–H and O–H groups in total. The average molecular weight is 415 g/mol. The highest BCUT2D eigenvalue weighted by Crippen LogP contribution is 2.33. The summed E-state index contributed by atoms with van der Waals surface area (Å²) in [5, 5.41) is 6.28. The fourth-order valence-corrected chi connectivity index (χ4v) is 3.78. The van der Waals surface area contributed by atoms with Crippen LogP contribution in [0.15, 0.2) is 72.8 Å². The molecule has 0 fully saturated rings. The molecule has 3 aromatic rings. The maximum absolute atomic E-state index is 13.3.